The molecule has 2 aromatic carbocycles. The second-order valence-electron chi connectivity index (χ2n) is 14.6. The zero-order chi connectivity index (χ0) is 33.3. The van der Waals surface area contributed by atoms with Crippen molar-refractivity contribution in [2.45, 2.75) is 135 Å². The second-order valence-corrected chi connectivity index (χ2v) is 23.6. The van der Waals surface area contributed by atoms with Crippen molar-refractivity contribution in [3.05, 3.63) is 77.9 Å². The van der Waals surface area contributed by atoms with E-state index in [1.165, 1.54) is 0 Å². The molecular formula is C37H60O6Si2. The highest BCUT2D eigenvalue weighted by Gasteiger charge is 2.49. The van der Waals surface area contributed by atoms with Crippen LogP contribution in [-0.4, -0.2) is 55.0 Å². The van der Waals surface area contributed by atoms with Gasteiger partial charge in [-0.3, -0.25) is 0 Å². The van der Waals surface area contributed by atoms with Crippen LogP contribution < -0.4 is 4.74 Å². The minimum atomic E-state index is -2.63. The molecule has 0 aromatic heterocycles. The largest absolute Gasteiger partial charge is 0.497 e. The molecule has 252 valence electrons. The van der Waals surface area contributed by atoms with Gasteiger partial charge in [-0.05, 0) is 65.8 Å². The first-order valence-electron chi connectivity index (χ1n) is 16.7. The Morgan fingerprint density at radius 3 is 1.96 bits per heavy atom. The fourth-order valence-corrected chi connectivity index (χ4v) is 10.8. The van der Waals surface area contributed by atoms with Gasteiger partial charge in [-0.1, -0.05) is 103 Å². The Hall–Kier alpha value is -1.79. The summed E-state index contributed by atoms with van der Waals surface area (Å²) in [5.41, 5.74) is 2.85. The molecule has 1 heterocycles. The summed E-state index contributed by atoms with van der Waals surface area (Å²) in [5, 5.41) is 0.109. The molecule has 0 unspecified atom stereocenters. The Balaban J connectivity index is 1.77. The highest BCUT2D eigenvalue weighted by molar-refractivity contribution is 6.74. The van der Waals surface area contributed by atoms with Gasteiger partial charge in [0.25, 0.3) is 0 Å². The predicted octanol–water partition coefficient (Wildman–Crippen LogP) is 9.59. The van der Waals surface area contributed by atoms with Crippen molar-refractivity contribution < 1.29 is 27.5 Å². The van der Waals surface area contributed by atoms with Gasteiger partial charge in [0, 0.05) is 13.0 Å². The third-order valence-electron chi connectivity index (χ3n) is 9.38. The summed E-state index contributed by atoms with van der Waals surface area (Å²) < 4.78 is 39.1. The van der Waals surface area contributed by atoms with E-state index < -0.39 is 16.9 Å². The molecule has 45 heavy (non-hydrogen) atoms. The Labute approximate surface area is 276 Å². The van der Waals surface area contributed by atoms with E-state index in [0.717, 1.165) is 23.3 Å². The third-order valence-corrected chi connectivity index (χ3v) is 18.5. The molecule has 1 aliphatic rings. The lowest BCUT2D eigenvalue weighted by molar-refractivity contribution is -0.0517. The summed E-state index contributed by atoms with van der Waals surface area (Å²) in [7, 11) is -2.97. The normalized spacial score (nSPS) is 20.3. The van der Waals surface area contributed by atoms with E-state index >= 15 is 0 Å². The Kier molecular flexibility index (Phi) is 14.1. The predicted molar refractivity (Wildman–Crippen MR) is 189 cm³/mol. The van der Waals surface area contributed by atoms with Gasteiger partial charge < -0.3 is 27.5 Å². The monoisotopic (exact) mass is 656 g/mol. The first-order chi connectivity index (χ1) is 21.2. The lowest BCUT2D eigenvalue weighted by atomic mass is 10.1. The Bertz CT molecular complexity index is 1150. The highest BCUT2D eigenvalue weighted by Crippen LogP contribution is 2.41. The lowest BCUT2D eigenvalue weighted by Crippen LogP contribution is -2.52. The average molecular weight is 657 g/mol. The van der Waals surface area contributed by atoms with E-state index in [-0.39, 0.29) is 40.5 Å². The van der Waals surface area contributed by atoms with E-state index in [0.29, 0.717) is 26.2 Å². The summed E-state index contributed by atoms with van der Waals surface area (Å²) >= 11 is 0. The minimum Gasteiger partial charge on any atom is -0.497 e. The molecule has 6 nitrogen and oxygen atoms in total. The quantitative estimate of drug-likeness (QED) is 0.102. The molecule has 0 radical (unpaired) electrons. The molecule has 0 bridgehead atoms. The molecule has 3 rings (SSSR count). The van der Waals surface area contributed by atoms with E-state index in [1.54, 1.807) is 7.11 Å². The van der Waals surface area contributed by atoms with Gasteiger partial charge in [0.2, 0.25) is 0 Å². The van der Waals surface area contributed by atoms with Crippen molar-refractivity contribution in [2.24, 2.45) is 0 Å². The van der Waals surface area contributed by atoms with Gasteiger partial charge in [-0.2, -0.15) is 0 Å². The maximum Gasteiger partial charge on any atom is 0.344 e. The molecule has 2 aromatic rings. The summed E-state index contributed by atoms with van der Waals surface area (Å²) in [5.74, 6) is 0.850. The number of ether oxygens (including phenoxy) is 3. The van der Waals surface area contributed by atoms with Crippen LogP contribution in [-0.2, 0) is 36.0 Å². The van der Waals surface area contributed by atoms with Gasteiger partial charge in [0.15, 0.2) is 8.32 Å². The maximum absolute atomic E-state index is 7.13. The summed E-state index contributed by atoms with van der Waals surface area (Å²) in [6.45, 7) is 24.3. The van der Waals surface area contributed by atoms with Crippen LogP contribution in [0.3, 0.4) is 0 Å². The van der Waals surface area contributed by atoms with Gasteiger partial charge in [-0.15, -0.1) is 0 Å². The molecule has 0 amide bonds. The van der Waals surface area contributed by atoms with Crippen LogP contribution in [0.1, 0.15) is 79.4 Å². The van der Waals surface area contributed by atoms with Crippen molar-refractivity contribution in [3.8, 4) is 5.75 Å². The van der Waals surface area contributed by atoms with Gasteiger partial charge in [-0.25, -0.2) is 0 Å². The molecular weight excluding hydrogens is 597 g/mol. The molecule has 0 saturated carbocycles. The molecule has 8 heteroatoms. The average Bonchev–Trinajstić information content (AvgIpc) is 3.18. The number of benzene rings is 2. The summed E-state index contributed by atoms with van der Waals surface area (Å²) in [6.07, 6.45) is 5.49. The molecule has 0 spiro atoms. The van der Waals surface area contributed by atoms with E-state index in [4.69, 9.17) is 27.5 Å². The molecule has 4 atom stereocenters. The number of rotatable bonds is 16. The Morgan fingerprint density at radius 2 is 1.38 bits per heavy atom. The van der Waals surface area contributed by atoms with Crippen molar-refractivity contribution in [3.63, 3.8) is 0 Å². The molecule has 0 aliphatic carbocycles. The second kappa shape index (κ2) is 16.9. The smallest absolute Gasteiger partial charge is 0.344 e. The van der Waals surface area contributed by atoms with Crippen LogP contribution in [0, 0.1) is 0 Å². The maximum atomic E-state index is 7.13. The SMILES string of the molecule is COc1ccc(COCC[C@@H]2C=C[C@H](C[C@@H](OCc3ccccc3)[C@H](C)O[Si](C)(C)C(C)(C)C)O[Si](C(C)C)(C(C)C)O2)cc1. The van der Waals surface area contributed by atoms with Crippen LogP contribution in [0.4, 0.5) is 0 Å². The lowest BCUT2D eigenvalue weighted by Gasteiger charge is -2.42. The fourth-order valence-electron chi connectivity index (χ4n) is 5.55. The summed E-state index contributed by atoms with van der Waals surface area (Å²) in [6, 6.07) is 18.4. The van der Waals surface area contributed by atoms with Gasteiger partial charge >= 0.3 is 8.56 Å². The van der Waals surface area contributed by atoms with Crippen LogP contribution in [0.15, 0.2) is 66.7 Å². The third kappa shape index (κ3) is 10.9. The zero-order valence-electron chi connectivity index (χ0n) is 29.8. The molecule has 0 fully saturated rings. The minimum absolute atomic E-state index is 0.0630. The van der Waals surface area contributed by atoms with Gasteiger partial charge in [0.1, 0.15) is 5.75 Å². The first-order valence-corrected chi connectivity index (χ1v) is 21.6. The van der Waals surface area contributed by atoms with E-state index in [1.807, 2.05) is 30.3 Å². The van der Waals surface area contributed by atoms with Crippen molar-refractivity contribution in [1.82, 2.24) is 0 Å². The van der Waals surface area contributed by atoms with Crippen molar-refractivity contribution in [2.75, 3.05) is 13.7 Å². The topological polar surface area (TPSA) is 55.4 Å². The number of hydrogen-bond donors (Lipinski definition) is 0. The first kappa shape index (κ1) is 37.7. The van der Waals surface area contributed by atoms with E-state index in [2.05, 4.69) is 105 Å². The fraction of sp³-hybridized carbons (Fsp3) is 0.622. The summed E-state index contributed by atoms with van der Waals surface area (Å²) in [4.78, 5) is 0. The molecule has 0 saturated heterocycles. The number of methoxy groups -OCH3 is 1. The van der Waals surface area contributed by atoms with Crippen LogP contribution in [0.25, 0.3) is 0 Å². The van der Waals surface area contributed by atoms with Gasteiger partial charge in [0.05, 0.1) is 44.7 Å². The zero-order valence-corrected chi connectivity index (χ0v) is 31.8. The van der Waals surface area contributed by atoms with Crippen LogP contribution in [0.2, 0.25) is 29.2 Å². The standard InChI is InChI=1S/C37H60O6Si2/c1-28(2)45(29(3)4)42-34(23-24-39-26-32-17-19-33(38-9)20-18-32)21-22-35(43-45)25-36(40-27-31-15-13-12-14-16-31)30(5)41-44(10,11)37(6,7)8/h12-22,28-30,34-36H,23-27H2,1-11H3/t30-,34-,35+,36+/m0/s1. The Morgan fingerprint density at radius 1 is 0.800 bits per heavy atom. The molecule has 1 aliphatic heterocycles. The number of hydrogen-bond acceptors (Lipinski definition) is 6. The van der Waals surface area contributed by atoms with Crippen molar-refractivity contribution >= 4 is 16.9 Å². The van der Waals surface area contributed by atoms with E-state index in [9.17, 15) is 0 Å². The van der Waals surface area contributed by atoms with Crippen LogP contribution in [0.5, 0.6) is 5.75 Å². The highest BCUT2D eigenvalue weighted by atomic mass is 28.4. The molecule has 0 N–H and O–H groups in total. The van der Waals surface area contributed by atoms with Crippen LogP contribution >= 0.6 is 0 Å². The van der Waals surface area contributed by atoms with Crippen molar-refractivity contribution in [1.29, 1.82) is 0 Å².